The van der Waals surface area contributed by atoms with Crippen molar-refractivity contribution in [2.45, 2.75) is 26.3 Å². The molecule has 3 aromatic rings. The fraction of sp³-hybridized carbons (Fsp3) is 0.200. The summed E-state index contributed by atoms with van der Waals surface area (Å²) in [5.41, 5.74) is 3.81. The zero-order chi connectivity index (χ0) is 17.7. The van der Waals surface area contributed by atoms with Gasteiger partial charge in [-0.2, -0.15) is 0 Å². The number of aromatic nitrogens is 1. The minimum absolute atomic E-state index is 0.172. The number of nitrogens with zero attached hydrogens (tertiary/aromatic N) is 1. The fourth-order valence-electron chi connectivity index (χ4n) is 3.46. The number of nitrogens with one attached hydrogen (secondary N) is 1. The number of benzene rings is 2. The first-order chi connectivity index (χ1) is 11.9. The van der Waals surface area contributed by atoms with Gasteiger partial charge in [0.2, 0.25) is 5.43 Å². The van der Waals surface area contributed by atoms with Gasteiger partial charge < -0.3 is 9.88 Å². The van der Waals surface area contributed by atoms with Gasteiger partial charge in [0.25, 0.3) is 5.91 Å². The van der Waals surface area contributed by atoms with E-state index in [-0.39, 0.29) is 22.9 Å². The number of aryl methyl sites for hydroxylation is 1. The van der Waals surface area contributed by atoms with E-state index in [4.69, 9.17) is 0 Å². The van der Waals surface area contributed by atoms with E-state index in [0.29, 0.717) is 11.1 Å². The van der Waals surface area contributed by atoms with Crippen molar-refractivity contribution in [1.29, 1.82) is 0 Å². The number of hydrogen-bond donors (Lipinski definition) is 1. The molecular weight excluding hydrogens is 380 g/mol. The van der Waals surface area contributed by atoms with Crippen LogP contribution < -0.4 is 10.7 Å². The number of carbonyl (C=O) groups is 1. The lowest BCUT2D eigenvalue weighted by Gasteiger charge is -2.13. The van der Waals surface area contributed by atoms with Gasteiger partial charge in [-0.1, -0.05) is 33.6 Å². The largest absolute Gasteiger partial charge is 0.343 e. The molecule has 5 heteroatoms. The first kappa shape index (κ1) is 16.1. The van der Waals surface area contributed by atoms with Crippen LogP contribution in [0.1, 0.15) is 34.5 Å². The van der Waals surface area contributed by atoms with Crippen molar-refractivity contribution in [1.82, 2.24) is 4.57 Å². The van der Waals surface area contributed by atoms with Crippen LogP contribution in [0.2, 0.25) is 0 Å². The molecule has 0 aliphatic carbocycles. The van der Waals surface area contributed by atoms with Crippen LogP contribution in [0.5, 0.6) is 0 Å². The van der Waals surface area contributed by atoms with Crippen LogP contribution in [-0.4, -0.2) is 10.5 Å². The van der Waals surface area contributed by atoms with Crippen LogP contribution in [0.25, 0.3) is 10.9 Å². The molecule has 1 atom stereocenters. The lowest BCUT2D eigenvalue weighted by molar-refractivity contribution is 0.102. The van der Waals surface area contributed by atoms with Gasteiger partial charge in [-0.25, -0.2) is 0 Å². The minimum Gasteiger partial charge on any atom is -0.343 e. The lowest BCUT2D eigenvalue weighted by atomic mass is 10.1. The Morgan fingerprint density at radius 3 is 2.68 bits per heavy atom. The summed E-state index contributed by atoms with van der Waals surface area (Å²) in [5.74, 6) is -0.375. The number of pyridine rings is 1. The second-order valence-corrected chi connectivity index (χ2v) is 7.53. The number of anilines is 1. The maximum absolute atomic E-state index is 12.9. The Hall–Kier alpha value is -2.40. The predicted octanol–water partition coefficient (Wildman–Crippen LogP) is 4.44. The fourth-order valence-corrected chi connectivity index (χ4v) is 3.96. The van der Waals surface area contributed by atoms with E-state index in [0.717, 1.165) is 27.5 Å². The average molecular weight is 397 g/mol. The third kappa shape index (κ3) is 2.68. The van der Waals surface area contributed by atoms with Crippen molar-refractivity contribution in [3.63, 3.8) is 0 Å². The second kappa shape index (κ2) is 5.85. The normalized spacial score (nSPS) is 15.6. The smallest absolute Gasteiger partial charge is 0.261 e. The number of amides is 1. The summed E-state index contributed by atoms with van der Waals surface area (Å²) in [4.78, 5) is 25.6. The van der Waals surface area contributed by atoms with Gasteiger partial charge in [0.15, 0.2) is 0 Å². The summed E-state index contributed by atoms with van der Waals surface area (Å²) in [6, 6.07) is 11.6. The van der Waals surface area contributed by atoms with Gasteiger partial charge in [-0.3, -0.25) is 9.59 Å². The molecule has 2 heterocycles. The summed E-state index contributed by atoms with van der Waals surface area (Å²) < 4.78 is 2.91. The van der Waals surface area contributed by atoms with Crippen molar-refractivity contribution in [2.24, 2.45) is 0 Å². The van der Waals surface area contributed by atoms with Crippen LogP contribution in [0, 0.1) is 6.92 Å². The Labute approximate surface area is 153 Å². The molecular formula is C20H17BrN2O2. The lowest BCUT2D eigenvalue weighted by Crippen LogP contribution is -2.23. The van der Waals surface area contributed by atoms with E-state index >= 15 is 0 Å². The topological polar surface area (TPSA) is 51.1 Å². The van der Waals surface area contributed by atoms with E-state index in [1.54, 1.807) is 12.3 Å². The molecule has 0 radical (unpaired) electrons. The molecule has 1 amide bonds. The molecule has 0 fully saturated rings. The molecule has 2 aromatic carbocycles. The molecule has 0 saturated carbocycles. The highest BCUT2D eigenvalue weighted by Crippen LogP contribution is 2.33. The molecule has 126 valence electrons. The third-order valence-electron chi connectivity index (χ3n) is 4.71. The van der Waals surface area contributed by atoms with Gasteiger partial charge in [-0.05, 0) is 50.1 Å². The third-order valence-corrected chi connectivity index (χ3v) is 5.17. The average Bonchev–Trinajstić information content (AvgIpc) is 2.88. The van der Waals surface area contributed by atoms with E-state index < -0.39 is 0 Å². The van der Waals surface area contributed by atoms with Crippen LogP contribution in [-0.2, 0) is 6.42 Å². The van der Waals surface area contributed by atoms with Crippen LogP contribution in [0.15, 0.2) is 51.9 Å². The predicted molar refractivity (Wildman–Crippen MR) is 103 cm³/mol. The molecule has 1 aliphatic heterocycles. The Kier molecular flexibility index (Phi) is 3.76. The van der Waals surface area contributed by atoms with Crippen LogP contribution >= 0.6 is 15.9 Å². The highest BCUT2D eigenvalue weighted by molar-refractivity contribution is 9.10. The molecule has 25 heavy (non-hydrogen) atoms. The molecule has 4 nitrogen and oxygen atoms in total. The monoisotopic (exact) mass is 396 g/mol. The number of hydrogen-bond acceptors (Lipinski definition) is 2. The Bertz CT molecular complexity index is 1070. The van der Waals surface area contributed by atoms with Crippen LogP contribution in [0.4, 0.5) is 5.69 Å². The summed E-state index contributed by atoms with van der Waals surface area (Å²) >= 11 is 3.47. The number of rotatable bonds is 2. The minimum atomic E-state index is -0.375. The van der Waals surface area contributed by atoms with Gasteiger partial charge in [0, 0.05) is 27.8 Å². The highest BCUT2D eigenvalue weighted by atomic mass is 79.9. The summed E-state index contributed by atoms with van der Waals surface area (Å²) in [7, 11) is 0. The van der Waals surface area contributed by atoms with E-state index in [1.807, 2.05) is 41.8 Å². The van der Waals surface area contributed by atoms with Crippen molar-refractivity contribution in [2.75, 3.05) is 5.32 Å². The van der Waals surface area contributed by atoms with E-state index in [9.17, 15) is 9.59 Å². The Morgan fingerprint density at radius 1 is 1.24 bits per heavy atom. The molecule has 1 N–H and O–H groups in total. The van der Waals surface area contributed by atoms with E-state index in [1.165, 1.54) is 0 Å². The van der Waals surface area contributed by atoms with Gasteiger partial charge in [-0.15, -0.1) is 0 Å². The standard InChI is InChI=1S/C20H17BrN2O2/c1-11-3-5-15(6-4-11)22-20(25)17-10-23-12(2)7-13-8-14(21)9-16(18(13)23)19(17)24/h3-6,8-10,12H,7H2,1-2H3,(H,22,25)/t12-/m0/s1. The van der Waals surface area contributed by atoms with Gasteiger partial charge in [0.05, 0.1) is 5.52 Å². The first-order valence-electron chi connectivity index (χ1n) is 8.19. The summed E-state index contributed by atoms with van der Waals surface area (Å²) in [6.07, 6.45) is 2.56. The van der Waals surface area contributed by atoms with Crippen molar-refractivity contribution >= 4 is 38.4 Å². The molecule has 0 saturated heterocycles. The molecule has 4 rings (SSSR count). The molecule has 0 bridgehead atoms. The summed E-state index contributed by atoms with van der Waals surface area (Å²) in [6.45, 7) is 4.08. The zero-order valence-electron chi connectivity index (χ0n) is 14.0. The van der Waals surface area contributed by atoms with Crippen molar-refractivity contribution < 1.29 is 4.79 Å². The second-order valence-electron chi connectivity index (χ2n) is 6.61. The van der Waals surface area contributed by atoms with Crippen molar-refractivity contribution in [3.05, 3.63) is 74.0 Å². The highest BCUT2D eigenvalue weighted by Gasteiger charge is 2.25. The molecule has 0 spiro atoms. The first-order valence-corrected chi connectivity index (χ1v) is 8.98. The van der Waals surface area contributed by atoms with E-state index in [2.05, 4.69) is 28.2 Å². The number of carbonyl (C=O) groups excluding carboxylic acids is 1. The number of halogens is 1. The van der Waals surface area contributed by atoms with Crippen LogP contribution in [0.3, 0.4) is 0 Å². The SMILES string of the molecule is Cc1ccc(NC(=O)c2cn3c4c(cc(Br)cc4c2=O)C[C@@H]3C)cc1. The van der Waals surface area contributed by atoms with Gasteiger partial charge in [0.1, 0.15) is 5.56 Å². The van der Waals surface area contributed by atoms with Gasteiger partial charge >= 0.3 is 0 Å². The Morgan fingerprint density at radius 2 is 1.96 bits per heavy atom. The zero-order valence-corrected chi connectivity index (χ0v) is 15.6. The molecule has 0 unspecified atom stereocenters. The Balaban J connectivity index is 1.83. The maximum Gasteiger partial charge on any atom is 0.261 e. The quantitative estimate of drug-likeness (QED) is 0.695. The van der Waals surface area contributed by atoms with Crippen molar-refractivity contribution in [3.8, 4) is 0 Å². The molecule has 1 aliphatic rings. The molecule has 1 aromatic heterocycles. The maximum atomic E-state index is 12.9. The summed E-state index contributed by atoms with van der Waals surface area (Å²) in [5, 5.41) is 3.41.